The highest BCUT2D eigenvalue weighted by atomic mass is 32.1. The molecule has 0 fully saturated rings. The lowest BCUT2D eigenvalue weighted by Gasteiger charge is -2.26. The number of carboxylic acid groups (broad SMARTS) is 1. The fourth-order valence-electron chi connectivity index (χ4n) is 3.47. The van der Waals surface area contributed by atoms with Gasteiger partial charge in [0, 0.05) is 30.5 Å². The lowest BCUT2D eigenvalue weighted by molar-refractivity contribution is -0.143. The summed E-state index contributed by atoms with van der Waals surface area (Å²) >= 11 is 4.02. The maximum atomic E-state index is 13.4. The largest absolute Gasteiger partial charge is 0.508 e. The van der Waals surface area contributed by atoms with E-state index in [0.29, 0.717) is 17.7 Å². The number of aromatic nitrogens is 2. The molecule has 5 atom stereocenters. The van der Waals surface area contributed by atoms with Crippen LogP contribution in [-0.2, 0) is 32.0 Å². The number of aromatic amines is 1. The van der Waals surface area contributed by atoms with Gasteiger partial charge in [-0.3, -0.25) is 14.4 Å². The number of carboxylic acids is 1. The monoisotopic (exact) mass is 534 g/mol. The zero-order valence-electron chi connectivity index (χ0n) is 20.7. The first-order chi connectivity index (χ1) is 17.5. The highest BCUT2D eigenvalue weighted by molar-refractivity contribution is 7.80. The first-order valence-corrected chi connectivity index (χ1v) is 12.4. The van der Waals surface area contributed by atoms with Crippen molar-refractivity contribution < 1.29 is 29.4 Å². The fraction of sp³-hybridized carbons (Fsp3) is 0.458. The second-order valence-corrected chi connectivity index (χ2v) is 9.14. The molecule has 0 aliphatic heterocycles. The van der Waals surface area contributed by atoms with Gasteiger partial charge in [-0.05, 0) is 23.6 Å². The number of phenols is 1. The third-order valence-electron chi connectivity index (χ3n) is 5.93. The summed E-state index contributed by atoms with van der Waals surface area (Å²) < 4.78 is 0. The summed E-state index contributed by atoms with van der Waals surface area (Å²) in [6.45, 7) is 3.51. The van der Waals surface area contributed by atoms with Crippen molar-refractivity contribution in [2.75, 3.05) is 5.75 Å². The maximum Gasteiger partial charge on any atom is 0.326 e. The normalized spacial score (nSPS) is 15.0. The first-order valence-electron chi connectivity index (χ1n) is 11.8. The molecule has 8 N–H and O–H groups in total. The molecule has 0 spiro atoms. The minimum atomic E-state index is -1.19. The van der Waals surface area contributed by atoms with Crippen LogP contribution < -0.4 is 21.7 Å². The van der Waals surface area contributed by atoms with Crippen LogP contribution in [-0.4, -0.2) is 73.8 Å². The Bertz CT molecular complexity index is 1050. The van der Waals surface area contributed by atoms with Crippen LogP contribution in [0.25, 0.3) is 0 Å². The molecule has 1 aromatic carbocycles. The first kappa shape index (κ1) is 29.6. The molecule has 2 rings (SSSR count). The number of benzene rings is 1. The summed E-state index contributed by atoms with van der Waals surface area (Å²) in [5, 5.41) is 26.9. The van der Waals surface area contributed by atoms with Crippen molar-refractivity contribution in [2.24, 2.45) is 11.7 Å². The lowest BCUT2D eigenvalue weighted by Crippen LogP contribution is -2.58. The number of carbonyl (C=O) groups excluding carboxylic acids is 3. The number of carbonyl (C=O) groups is 4. The van der Waals surface area contributed by atoms with Crippen LogP contribution in [0.2, 0.25) is 0 Å². The van der Waals surface area contributed by atoms with Gasteiger partial charge in [0.15, 0.2) is 0 Å². The molecule has 2 aromatic rings. The molecule has 1 heterocycles. The van der Waals surface area contributed by atoms with Gasteiger partial charge in [0.1, 0.15) is 23.9 Å². The third kappa shape index (κ3) is 9.10. The van der Waals surface area contributed by atoms with Gasteiger partial charge in [-0.2, -0.15) is 12.6 Å². The van der Waals surface area contributed by atoms with Crippen molar-refractivity contribution in [1.82, 2.24) is 25.9 Å². The van der Waals surface area contributed by atoms with Gasteiger partial charge < -0.3 is 36.9 Å². The van der Waals surface area contributed by atoms with E-state index < -0.39 is 47.9 Å². The molecule has 37 heavy (non-hydrogen) atoms. The molecule has 13 heteroatoms. The molecule has 202 valence electrons. The van der Waals surface area contributed by atoms with Crippen LogP contribution in [0.5, 0.6) is 5.75 Å². The van der Waals surface area contributed by atoms with Gasteiger partial charge >= 0.3 is 5.97 Å². The van der Waals surface area contributed by atoms with E-state index in [2.05, 4.69) is 38.5 Å². The summed E-state index contributed by atoms with van der Waals surface area (Å²) in [6.07, 6.45) is 3.46. The molecular weight excluding hydrogens is 500 g/mol. The molecule has 0 aliphatic carbocycles. The molecule has 1 aromatic heterocycles. The average Bonchev–Trinajstić information content (AvgIpc) is 3.39. The van der Waals surface area contributed by atoms with Crippen molar-refractivity contribution in [3.63, 3.8) is 0 Å². The standard InChI is InChI=1S/C24H34N6O6S/c1-3-13(2)20(24(35)36)30-23(34)19(9-15-10-26-12-27-15)29-22(33)18(28-21(32)17(25)11-37)8-14-4-6-16(31)7-5-14/h4-7,10,12-13,17-20,31,37H,3,8-9,11,25H2,1-2H3,(H,26,27)(H,28,32)(H,29,33)(H,30,34)(H,35,36). The number of hydrogen-bond donors (Lipinski definition) is 8. The van der Waals surface area contributed by atoms with Crippen LogP contribution in [0.3, 0.4) is 0 Å². The summed E-state index contributed by atoms with van der Waals surface area (Å²) in [5.74, 6) is -3.43. The fourth-order valence-corrected chi connectivity index (χ4v) is 3.64. The molecular formula is C24H34N6O6S. The van der Waals surface area contributed by atoms with Gasteiger partial charge in [-0.1, -0.05) is 32.4 Å². The number of aromatic hydroxyl groups is 1. The molecule has 0 saturated heterocycles. The highest BCUT2D eigenvalue weighted by Crippen LogP contribution is 2.13. The van der Waals surface area contributed by atoms with E-state index in [1.807, 2.05) is 6.92 Å². The number of aliphatic carboxylic acids is 1. The molecule has 5 unspecified atom stereocenters. The molecule has 0 saturated carbocycles. The molecule has 0 aliphatic rings. The van der Waals surface area contributed by atoms with E-state index in [1.54, 1.807) is 19.1 Å². The van der Waals surface area contributed by atoms with Crippen molar-refractivity contribution >= 4 is 36.3 Å². The average molecular weight is 535 g/mol. The Balaban J connectivity index is 2.29. The smallest absolute Gasteiger partial charge is 0.326 e. The molecule has 3 amide bonds. The van der Waals surface area contributed by atoms with E-state index in [-0.39, 0.29) is 30.3 Å². The van der Waals surface area contributed by atoms with Crippen LogP contribution >= 0.6 is 12.6 Å². The predicted molar refractivity (Wildman–Crippen MR) is 139 cm³/mol. The second-order valence-electron chi connectivity index (χ2n) is 8.77. The summed E-state index contributed by atoms with van der Waals surface area (Å²) in [5.41, 5.74) is 6.93. The predicted octanol–water partition coefficient (Wildman–Crippen LogP) is -0.257. The highest BCUT2D eigenvalue weighted by Gasteiger charge is 2.32. The number of imidazole rings is 1. The van der Waals surface area contributed by atoms with Gasteiger partial charge in [-0.15, -0.1) is 0 Å². The molecule has 12 nitrogen and oxygen atoms in total. The van der Waals surface area contributed by atoms with E-state index in [0.717, 1.165) is 0 Å². The number of amides is 3. The number of hydrogen-bond acceptors (Lipinski definition) is 8. The summed E-state index contributed by atoms with van der Waals surface area (Å²) in [7, 11) is 0. The van der Waals surface area contributed by atoms with E-state index >= 15 is 0 Å². The lowest BCUT2D eigenvalue weighted by atomic mass is 9.98. The van der Waals surface area contributed by atoms with E-state index in [9.17, 15) is 29.4 Å². The zero-order chi connectivity index (χ0) is 27.5. The van der Waals surface area contributed by atoms with Crippen molar-refractivity contribution in [1.29, 1.82) is 0 Å². The van der Waals surface area contributed by atoms with Crippen molar-refractivity contribution in [3.05, 3.63) is 48.0 Å². The van der Waals surface area contributed by atoms with Crippen molar-refractivity contribution in [3.8, 4) is 5.75 Å². The van der Waals surface area contributed by atoms with Gasteiger partial charge in [0.25, 0.3) is 0 Å². The number of nitrogens with one attached hydrogen (secondary N) is 4. The number of phenolic OH excluding ortho intramolecular Hbond substituents is 1. The quantitative estimate of drug-likeness (QED) is 0.152. The Labute approximate surface area is 220 Å². The third-order valence-corrected chi connectivity index (χ3v) is 6.32. The number of H-pyrrole nitrogens is 1. The number of nitrogens with two attached hydrogens (primary N) is 1. The molecule has 0 radical (unpaired) electrons. The Kier molecular flexibility index (Phi) is 11.4. The minimum absolute atomic E-state index is 0.000444. The molecule has 0 bridgehead atoms. The Morgan fingerprint density at radius 1 is 1.03 bits per heavy atom. The van der Waals surface area contributed by atoms with E-state index in [1.165, 1.54) is 24.7 Å². The minimum Gasteiger partial charge on any atom is -0.508 e. The second kappa shape index (κ2) is 14.2. The van der Waals surface area contributed by atoms with Gasteiger partial charge in [0.2, 0.25) is 17.7 Å². The van der Waals surface area contributed by atoms with Crippen LogP contribution in [0.4, 0.5) is 0 Å². The van der Waals surface area contributed by atoms with Crippen LogP contribution in [0.15, 0.2) is 36.8 Å². The topological polar surface area (TPSA) is 200 Å². The number of thiol groups is 1. The van der Waals surface area contributed by atoms with Crippen LogP contribution in [0, 0.1) is 5.92 Å². The van der Waals surface area contributed by atoms with E-state index in [4.69, 9.17) is 5.73 Å². The number of nitrogens with zero attached hydrogens (tertiary/aromatic N) is 1. The van der Waals surface area contributed by atoms with Crippen LogP contribution in [0.1, 0.15) is 31.5 Å². The maximum absolute atomic E-state index is 13.4. The van der Waals surface area contributed by atoms with Gasteiger partial charge in [0.05, 0.1) is 12.4 Å². The van der Waals surface area contributed by atoms with Gasteiger partial charge in [-0.25, -0.2) is 9.78 Å². The Morgan fingerprint density at radius 2 is 1.62 bits per heavy atom. The Morgan fingerprint density at radius 3 is 2.16 bits per heavy atom. The SMILES string of the molecule is CCC(C)C(NC(=O)C(Cc1cnc[nH]1)NC(=O)C(Cc1ccc(O)cc1)NC(=O)C(N)CS)C(=O)O. The number of rotatable bonds is 14. The summed E-state index contributed by atoms with van der Waals surface area (Å²) in [6, 6.07) is 1.68. The summed E-state index contributed by atoms with van der Waals surface area (Å²) in [4.78, 5) is 57.5. The van der Waals surface area contributed by atoms with Crippen molar-refractivity contribution in [2.45, 2.75) is 57.3 Å². The zero-order valence-corrected chi connectivity index (χ0v) is 21.6. The Hall–Kier alpha value is -3.58.